The molecule has 4 aromatic rings. The lowest BCUT2D eigenvalue weighted by Crippen LogP contribution is -2.47. The van der Waals surface area contributed by atoms with Gasteiger partial charge in [0.2, 0.25) is 0 Å². The first-order valence-corrected chi connectivity index (χ1v) is 16.4. The third-order valence-corrected chi connectivity index (χ3v) is 10.4. The quantitative estimate of drug-likeness (QED) is 0.200. The van der Waals surface area contributed by atoms with Crippen LogP contribution in [0.4, 0.5) is 15.9 Å². The molecule has 9 nitrogen and oxygen atoms in total. The summed E-state index contributed by atoms with van der Waals surface area (Å²) < 4.78 is 55.9. The summed E-state index contributed by atoms with van der Waals surface area (Å²) in [5, 5.41) is 3.53. The van der Waals surface area contributed by atoms with Crippen molar-refractivity contribution in [2.75, 3.05) is 37.9 Å². The van der Waals surface area contributed by atoms with E-state index in [9.17, 15) is 8.42 Å². The van der Waals surface area contributed by atoms with Gasteiger partial charge in [0.25, 0.3) is 10.0 Å². The van der Waals surface area contributed by atoms with Crippen LogP contribution in [-0.2, 0) is 16.6 Å². The molecule has 45 heavy (non-hydrogen) atoms. The molecule has 0 aliphatic heterocycles. The van der Waals surface area contributed by atoms with Crippen LogP contribution in [0.25, 0.3) is 0 Å². The molecule has 1 heterocycles. The first-order chi connectivity index (χ1) is 21.6. The molecule has 0 unspecified atom stereocenters. The molecule has 0 spiro atoms. The number of sulfonamides is 1. The van der Waals surface area contributed by atoms with Crippen molar-refractivity contribution in [3.8, 4) is 11.5 Å². The fourth-order valence-electron chi connectivity index (χ4n) is 5.93. The molecule has 238 valence electrons. The lowest BCUT2D eigenvalue weighted by Gasteiger charge is -2.41. The van der Waals surface area contributed by atoms with Crippen LogP contribution < -0.4 is 19.1 Å². The van der Waals surface area contributed by atoms with Crippen LogP contribution in [0.15, 0.2) is 84.1 Å². The van der Waals surface area contributed by atoms with Crippen LogP contribution in [-0.4, -0.2) is 63.7 Å². The van der Waals surface area contributed by atoms with E-state index in [0.29, 0.717) is 28.7 Å². The lowest BCUT2D eigenvalue weighted by molar-refractivity contribution is 0.196. The number of rotatable bonds is 11. The van der Waals surface area contributed by atoms with Gasteiger partial charge in [-0.25, -0.2) is 27.1 Å². The highest BCUT2D eigenvalue weighted by atomic mass is 35.5. The Morgan fingerprint density at radius 3 is 2.47 bits per heavy atom. The minimum atomic E-state index is -4.50. The summed E-state index contributed by atoms with van der Waals surface area (Å²) in [4.78, 5) is 9.66. The number of aromatic nitrogens is 2. The molecule has 1 saturated carbocycles. The van der Waals surface area contributed by atoms with Gasteiger partial charge >= 0.3 is 0 Å². The number of ether oxygens (including phenoxy) is 2. The Balaban J connectivity index is 1.44. The van der Waals surface area contributed by atoms with Crippen molar-refractivity contribution >= 4 is 33.1 Å². The van der Waals surface area contributed by atoms with Crippen LogP contribution in [0.2, 0.25) is 5.02 Å². The largest absolute Gasteiger partial charge is 0.497 e. The number of nitrogens with zero attached hydrogens (tertiary/aromatic N) is 4. The molecule has 1 N–H and O–H groups in total. The van der Waals surface area contributed by atoms with E-state index >= 15 is 4.39 Å². The lowest BCUT2D eigenvalue weighted by atomic mass is 9.78. The Hall–Kier alpha value is -3.93. The number of nitrogens with one attached hydrogen (secondary N) is 1. The molecule has 5 rings (SSSR count). The van der Waals surface area contributed by atoms with Crippen molar-refractivity contribution in [2.24, 2.45) is 0 Å². The highest BCUT2D eigenvalue weighted by molar-refractivity contribution is 7.92. The highest BCUT2D eigenvalue weighted by Crippen LogP contribution is 2.38. The molecular weight excluding hydrogens is 617 g/mol. The summed E-state index contributed by atoms with van der Waals surface area (Å²) in [5.41, 5.74) is 2.17. The zero-order valence-electron chi connectivity index (χ0n) is 25.7. The molecule has 3 aromatic carbocycles. The van der Waals surface area contributed by atoms with Gasteiger partial charge in [-0.05, 0) is 69.1 Å². The molecule has 0 radical (unpaired) electrons. The van der Waals surface area contributed by atoms with Crippen LogP contribution in [0.3, 0.4) is 0 Å². The molecule has 1 fully saturated rings. The molecular formula is C33H37ClFN5O4S. The molecule has 0 saturated heterocycles. The Labute approximate surface area is 269 Å². The predicted molar refractivity (Wildman–Crippen MR) is 174 cm³/mol. The highest BCUT2D eigenvalue weighted by Gasteiger charge is 2.35. The third kappa shape index (κ3) is 7.16. The van der Waals surface area contributed by atoms with Crippen LogP contribution in [0, 0.1) is 5.82 Å². The molecule has 0 amide bonds. The Bertz CT molecular complexity index is 1710. The van der Waals surface area contributed by atoms with Crippen LogP contribution in [0.1, 0.15) is 36.3 Å². The first-order valence-electron chi connectivity index (χ1n) is 14.6. The Morgan fingerprint density at radius 1 is 1.02 bits per heavy atom. The molecule has 1 aliphatic carbocycles. The van der Waals surface area contributed by atoms with Gasteiger partial charge in [0.1, 0.15) is 34.4 Å². The first kappa shape index (κ1) is 32.5. The number of hydrogen-bond acceptors (Lipinski definition) is 8. The molecule has 0 bridgehead atoms. The van der Waals surface area contributed by atoms with Gasteiger partial charge in [-0.15, -0.1) is 0 Å². The molecule has 1 aromatic heterocycles. The fraction of sp³-hybridized carbons (Fsp3) is 0.333. The van der Waals surface area contributed by atoms with Crippen molar-refractivity contribution in [3.05, 3.63) is 101 Å². The second-order valence-electron chi connectivity index (χ2n) is 11.2. The van der Waals surface area contributed by atoms with E-state index < -0.39 is 20.7 Å². The summed E-state index contributed by atoms with van der Waals surface area (Å²) in [6, 6.07) is 19.4. The van der Waals surface area contributed by atoms with Crippen molar-refractivity contribution in [2.45, 2.75) is 48.7 Å². The minimum absolute atomic E-state index is 0.0145. The van der Waals surface area contributed by atoms with Crippen molar-refractivity contribution in [1.82, 2.24) is 14.9 Å². The maximum atomic E-state index is 15.9. The fourth-order valence-corrected chi connectivity index (χ4v) is 7.68. The van der Waals surface area contributed by atoms with Gasteiger partial charge in [-0.3, -0.25) is 0 Å². The maximum Gasteiger partial charge on any atom is 0.268 e. The Kier molecular flexibility index (Phi) is 10.1. The van der Waals surface area contributed by atoms with Gasteiger partial charge in [-0.1, -0.05) is 41.9 Å². The van der Waals surface area contributed by atoms with Gasteiger partial charge in [0.15, 0.2) is 0 Å². The zero-order chi connectivity index (χ0) is 32.1. The average molecular weight is 654 g/mol. The van der Waals surface area contributed by atoms with E-state index in [0.717, 1.165) is 35.7 Å². The van der Waals surface area contributed by atoms with Crippen molar-refractivity contribution in [3.63, 3.8) is 0 Å². The topological polar surface area (TPSA) is 96.9 Å². The Morgan fingerprint density at radius 2 is 1.80 bits per heavy atom. The van der Waals surface area contributed by atoms with Gasteiger partial charge in [0.05, 0.1) is 31.5 Å². The summed E-state index contributed by atoms with van der Waals surface area (Å²) in [7, 11) is 2.56. The second-order valence-corrected chi connectivity index (χ2v) is 13.5. The number of halogens is 2. The van der Waals surface area contributed by atoms with Crippen molar-refractivity contribution < 1.29 is 22.3 Å². The number of benzene rings is 3. The van der Waals surface area contributed by atoms with E-state index in [2.05, 4.69) is 44.5 Å². The van der Waals surface area contributed by atoms with Gasteiger partial charge in [-0.2, -0.15) is 0 Å². The SMILES string of the molecule is COc1ccc(CN(c2ccncn2)S(=O)(=O)c2cc(Cl)c(N[C@H]3CC[C@H](c4ccccc4)C[C@@H]3N(C)C)cc2F)c(OC)c1. The normalized spacial score (nSPS) is 18.4. The molecule has 3 atom stereocenters. The second kappa shape index (κ2) is 14.0. The third-order valence-electron chi connectivity index (χ3n) is 8.31. The number of likely N-dealkylation sites (N-methyl/N-ethyl adjacent to an activating group) is 1. The summed E-state index contributed by atoms with van der Waals surface area (Å²) in [5.74, 6) is 0.484. The van der Waals surface area contributed by atoms with Crippen LogP contribution >= 0.6 is 11.6 Å². The predicted octanol–water partition coefficient (Wildman–Crippen LogP) is 6.36. The van der Waals surface area contributed by atoms with Crippen molar-refractivity contribution in [1.29, 1.82) is 0 Å². The van der Waals surface area contributed by atoms with E-state index in [1.807, 2.05) is 20.2 Å². The van der Waals surface area contributed by atoms with E-state index in [4.69, 9.17) is 21.1 Å². The molecule has 1 aliphatic rings. The number of methoxy groups -OCH3 is 2. The van der Waals surface area contributed by atoms with E-state index in [1.165, 1.54) is 38.4 Å². The van der Waals surface area contributed by atoms with E-state index in [1.54, 1.807) is 18.2 Å². The number of hydrogen-bond donors (Lipinski definition) is 1. The zero-order valence-corrected chi connectivity index (χ0v) is 27.2. The maximum absolute atomic E-state index is 15.9. The van der Waals surface area contributed by atoms with Crippen LogP contribution in [0.5, 0.6) is 11.5 Å². The number of anilines is 2. The average Bonchev–Trinajstić information content (AvgIpc) is 3.05. The molecule has 12 heteroatoms. The summed E-state index contributed by atoms with van der Waals surface area (Å²) >= 11 is 6.69. The summed E-state index contributed by atoms with van der Waals surface area (Å²) in [6.45, 7) is -0.196. The van der Waals surface area contributed by atoms with Gasteiger partial charge in [0, 0.05) is 36.0 Å². The van der Waals surface area contributed by atoms with Gasteiger partial charge < -0.3 is 19.7 Å². The summed E-state index contributed by atoms with van der Waals surface area (Å²) in [6.07, 6.45) is 5.37. The monoisotopic (exact) mass is 653 g/mol. The van der Waals surface area contributed by atoms with E-state index in [-0.39, 0.29) is 29.5 Å². The minimum Gasteiger partial charge on any atom is -0.497 e. The standard InChI is InChI=1S/C33H37ClFN5O4S/c1-39(2)30-16-23(22-8-6-5-7-9-22)11-13-28(30)38-29-19-27(35)32(18-26(29)34)45(41,42)40(33-14-15-36-21-37-33)20-24-10-12-25(43-3)17-31(24)44-4/h5-10,12,14-15,17-19,21,23,28,30,38H,11,13,16,20H2,1-4H3/t23-,28-,30-/m0/s1. The smallest absolute Gasteiger partial charge is 0.268 e.